The third-order valence-electron chi connectivity index (χ3n) is 6.55. The Balaban J connectivity index is 1.63. The summed E-state index contributed by atoms with van der Waals surface area (Å²) in [5, 5.41) is 30.6. The van der Waals surface area contributed by atoms with E-state index in [2.05, 4.69) is 25.7 Å². The van der Waals surface area contributed by atoms with Crippen LogP contribution in [0, 0.1) is 16.7 Å². The number of aliphatic hydroxyl groups excluding tert-OH is 3. The van der Waals surface area contributed by atoms with Crippen LogP contribution < -0.4 is 0 Å². The minimum atomic E-state index is -0.702. The van der Waals surface area contributed by atoms with Crippen molar-refractivity contribution in [2.45, 2.75) is 71.8 Å². The zero-order valence-corrected chi connectivity index (χ0v) is 16.7. The van der Waals surface area contributed by atoms with Crippen molar-refractivity contribution in [2.24, 2.45) is 16.7 Å². The zero-order valence-electron chi connectivity index (χ0n) is 16.7. The van der Waals surface area contributed by atoms with Gasteiger partial charge >= 0.3 is 0 Å². The highest BCUT2D eigenvalue weighted by Crippen LogP contribution is 2.52. The molecule has 0 spiro atoms. The lowest BCUT2D eigenvalue weighted by Gasteiger charge is -2.40. The van der Waals surface area contributed by atoms with Gasteiger partial charge in [-0.25, -0.2) is 0 Å². The van der Waals surface area contributed by atoms with E-state index in [0.717, 1.165) is 17.7 Å². The third-order valence-corrected chi connectivity index (χ3v) is 6.55. The molecule has 3 N–H and O–H groups in total. The molecule has 1 aromatic rings. The predicted molar refractivity (Wildman–Crippen MR) is 104 cm³/mol. The highest BCUT2D eigenvalue weighted by Gasteiger charge is 2.49. The first-order chi connectivity index (χ1) is 12.1. The normalized spacial score (nSPS) is 31.6. The third kappa shape index (κ3) is 4.14. The molecule has 1 saturated carbocycles. The van der Waals surface area contributed by atoms with Crippen molar-refractivity contribution in [2.75, 3.05) is 13.1 Å². The molecule has 26 heavy (non-hydrogen) atoms. The number of aliphatic hydroxyl groups is 3. The molecule has 0 aromatic heterocycles. The maximum atomic E-state index is 10.8. The number of β-amino-alcohol motifs (C(OH)–C–C–N with tert-alkyl or cyclic N) is 1. The Kier molecular flexibility index (Phi) is 5.51. The zero-order chi connectivity index (χ0) is 19.1. The summed E-state index contributed by atoms with van der Waals surface area (Å²) in [6.45, 7) is 10.7. The van der Waals surface area contributed by atoms with E-state index in [1.54, 1.807) is 0 Å². The van der Waals surface area contributed by atoms with Gasteiger partial charge in [-0.15, -0.1) is 0 Å². The van der Waals surface area contributed by atoms with Crippen molar-refractivity contribution in [3.63, 3.8) is 0 Å². The molecule has 5 atom stereocenters. The van der Waals surface area contributed by atoms with E-state index in [9.17, 15) is 10.2 Å². The largest absolute Gasteiger partial charge is 0.392 e. The Morgan fingerprint density at radius 1 is 1.12 bits per heavy atom. The van der Waals surface area contributed by atoms with Gasteiger partial charge in [0, 0.05) is 25.0 Å². The summed E-state index contributed by atoms with van der Waals surface area (Å²) >= 11 is 0. The Morgan fingerprint density at radius 2 is 1.77 bits per heavy atom. The van der Waals surface area contributed by atoms with Crippen LogP contribution in [0.25, 0.3) is 0 Å². The first-order valence-electron chi connectivity index (χ1n) is 9.92. The number of fused-ring (bicyclic) bond motifs is 2. The van der Waals surface area contributed by atoms with E-state index < -0.39 is 12.2 Å². The number of nitrogens with zero attached hydrogens (tertiary/aromatic N) is 1. The number of benzene rings is 1. The molecular weight excluding hydrogens is 326 g/mol. The number of likely N-dealkylation sites (tertiary alicyclic amines) is 1. The number of hydrogen-bond donors (Lipinski definition) is 3. The second-order valence-corrected chi connectivity index (χ2v) is 9.91. The van der Waals surface area contributed by atoms with Crippen molar-refractivity contribution >= 4 is 0 Å². The Hall–Kier alpha value is -0.940. The smallest absolute Gasteiger partial charge is 0.0840 e. The lowest BCUT2D eigenvalue weighted by Crippen LogP contribution is -2.41. The summed E-state index contributed by atoms with van der Waals surface area (Å²) in [5.74, 6) is -0.240. The molecule has 2 fully saturated rings. The molecule has 4 nitrogen and oxygen atoms in total. The Morgan fingerprint density at radius 3 is 2.38 bits per heavy atom. The fourth-order valence-electron chi connectivity index (χ4n) is 5.53. The summed E-state index contributed by atoms with van der Waals surface area (Å²) < 4.78 is 0. The van der Waals surface area contributed by atoms with Gasteiger partial charge in [0.2, 0.25) is 0 Å². The van der Waals surface area contributed by atoms with Crippen LogP contribution >= 0.6 is 0 Å². The van der Waals surface area contributed by atoms with Crippen LogP contribution in [0.1, 0.15) is 64.2 Å². The van der Waals surface area contributed by atoms with E-state index in [-0.39, 0.29) is 12.5 Å². The lowest BCUT2D eigenvalue weighted by molar-refractivity contribution is -0.00220. The molecule has 0 radical (unpaired) electrons. The molecule has 2 aliphatic rings. The second kappa shape index (κ2) is 7.23. The van der Waals surface area contributed by atoms with Gasteiger partial charge in [0.05, 0.1) is 18.8 Å². The standard InChI is InChI=1S/C22H35NO3/c1-15(20(26)17-7-5-16(12-24)6-8-17)19(25)11-23-14-22(4)10-18(23)9-21(2,3)13-22/h5-8,15,18-20,24-26H,9-14H2,1-4H3/t15-,18?,19+,20+,22?/m0/s1. The summed E-state index contributed by atoms with van der Waals surface area (Å²) in [5.41, 5.74) is 2.35. The topological polar surface area (TPSA) is 63.9 Å². The predicted octanol–water partition coefficient (Wildman–Crippen LogP) is 3.11. The van der Waals surface area contributed by atoms with E-state index in [0.29, 0.717) is 23.4 Å². The van der Waals surface area contributed by atoms with Gasteiger partial charge in [-0.1, -0.05) is 52.0 Å². The minimum absolute atomic E-state index is 0.0000181. The van der Waals surface area contributed by atoms with E-state index >= 15 is 0 Å². The monoisotopic (exact) mass is 361 g/mol. The molecule has 2 bridgehead atoms. The van der Waals surface area contributed by atoms with E-state index in [1.165, 1.54) is 19.3 Å². The van der Waals surface area contributed by atoms with E-state index in [1.807, 2.05) is 31.2 Å². The highest BCUT2D eigenvalue weighted by atomic mass is 16.3. The summed E-state index contributed by atoms with van der Waals surface area (Å²) in [7, 11) is 0. The van der Waals surface area contributed by atoms with Gasteiger partial charge in [0.15, 0.2) is 0 Å². The van der Waals surface area contributed by atoms with Crippen molar-refractivity contribution in [1.29, 1.82) is 0 Å². The fourth-order valence-corrected chi connectivity index (χ4v) is 5.53. The summed E-state index contributed by atoms with van der Waals surface area (Å²) in [4.78, 5) is 2.46. The average Bonchev–Trinajstić information content (AvgIpc) is 2.81. The van der Waals surface area contributed by atoms with Crippen molar-refractivity contribution < 1.29 is 15.3 Å². The molecule has 1 aromatic carbocycles. The SMILES string of the molecule is C[C@@H]([C@H](O)CN1CC2(C)CC1CC(C)(C)C2)[C@@H](O)c1ccc(CO)cc1. The average molecular weight is 362 g/mol. The van der Waals surface area contributed by atoms with Gasteiger partial charge < -0.3 is 15.3 Å². The Labute approximate surface area is 157 Å². The van der Waals surface area contributed by atoms with Crippen LogP contribution in [-0.4, -0.2) is 45.5 Å². The van der Waals surface area contributed by atoms with Crippen LogP contribution in [0.15, 0.2) is 24.3 Å². The minimum Gasteiger partial charge on any atom is -0.392 e. The molecule has 1 heterocycles. The van der Waals surface area contributed by atoms with Gasteiger partial charge in [-0.2, -0.15) is 0 Å². The van der Waals surface area contributed by atoms with Gasteiger partial charge in [-0.3, -0.25) is 4.90 Å². The fraction of sp³-hybridized carbons (Fsp3) is 0.727. The first-order valence-corrected chi connectivity index (χ1v) is 9.92. The molecule has 1 aliphatic heterocycles. The molecule has 146 valence electrons. The van der Waals surface area contributed by atoms with Crippen LogP contribution in [0.3, 0.4) is 0 Å². The maximum Gasteiger partial charge on any atom is 0.0840 e. The van der Waals surface area contributed by atoms with Gasteiger partial charge in [0.25, 0.3) is 0 Å². The molecule has 3 rings (SSSR count). The maximum absolute atomic E-state index is 10.8. The molecule has 1 saturated heterocycles. The number of hydrogen-bond acceptors (Lipinski definition) is 4. The van der Waals surface area contributed by atoms with Gasteiger partial charge in [0.1, 0.15) is 0 Å². The van der Waals surface area contributed by atoms with E-state index in [4.69, 9.17) is 5.11 Å². The number of rotatable bonds is 6. The molecule has 1 aliphatic carbocycles. The summed E-state index contributed by atoms with van der Waals surface area (Å²) in [6.07, 6.45) is 2.40. The first kappa shape index (κ1) is 19.8. The van der Waals surface area contributed by atoms with Crippen LogP contribution in [0.2, 0.25) is 0 Å². The second-order valence-electron chi connectivity index (χ2n) is 9.91. The van der Waals surface area contributed by atoms with Crippen LogP contribution in [0.5, 0.6) is 0 Å². The quantitative estimate of drug-likeness (QED) is 0.728. The Bertz CT molecular complexity index is 614. The lowest BCUT2D eigenvalue weighted by atomic mass is 9.65. The van der Waals surface area contributed by atoms with Crippen molar-refractivity contribution in [3.8, 4) is 0 Å². The molecule has 4 heteroatoms. The van der Waals surface area contributed by atoms with Crippen molar-refractivity contribution in [3.05, 3.63) is 35.4 Å². The molecule has 2 unspecified atom stereocenters. The highest BCUT2D eigenvalue weighted by molar-refractivity contribution is 5.24. The molecule has 0 amide bonds. The van der Waals surface area contributed by atoms with Crippen LogP contribution in [-0.2, 0) is 6.61 Å². The van der Waals surface area contributed by atoms with Gasteiger partial charge in [-0.05, 0) is 41.2 Å². The molecular formula is C22H35NO3. The van der Waals surface area contributed by atoms with Crippen molar-refractivity contribution in [1.82, 2.24) is 4.90 Å². The summed E-state index contributed by atoms with van der Waals surface area (Å²) in [6, 6.07) is 7.87. The van der Waals surface area contributed by atoms with Crippen LogP contribution in [0.4, 0.5) is 0 Å².